The predicted molar refractivity (Wildman–Crippen MR) is 158 cm³/mol. The molecule has 6 nitrogen and oxygen atoms in total. The van der Waals surface area contributed by atoms with Gasteiger partial charge in [0.25, 0.3) is 0 Å². The van der Waals surface area contributed by atoms with Crippen molar-refractivity contribution in [1.29, 1.82) is 0 Å². The van der Waals surface area contributed by atoms with Gasteiger partial charge in [-0.05, 0) is 53.4 Å². The number of amides is 2. The van der Waals surface area contributed by atoms with Gasteiger partial charge in [0.2, 0.25) is 0 Å². The van der Waals surface area contributed by atoms with E-state index < -0.39 is 0 Å². The highest BCUT2D eigenvalue weighted by Crippen LogP contribution is 2.45. The maximum absolute atomic E-state index is 14.3. The van der Waals surface area contributed by atoms with Crippen molar-refractivity contribution in [3.8, 4) is 5.75 Å². The number of hydrogen-bond donors (Lipinski definition) is 1. The van der Waals surface area contributed by atoms with Gasteiger partial charge in [-0.3, -0.25) is 9.89 Å². The van der Waals surface area contributed by atoms with Crippen molar-refractivity contribution in [1.82, 2.24) is 15.1 Å². The normalized spacial score (nSPS) is 20.1. The molecule has 3 atom stereocenters. The molecule has 3 aromatic carbocycles. The largest absolute Gasteiger partial charge is 0.493 e. The first-order valence-corrected chi connectivity index (χ1v) is 14.3. The van der Waals surface area contributed by atoms with E-state index >= 15 is 0 Å². The van der Waals surface area contributed by atoms with Crippen LogP contribution in [0.15, 0.2) is 77.8 Å². The fourth-order valence-corrected chi connectivity index (χ4v) is 5.24. The first-order chi connectivity index (χ1) is 19.0. The Morgan fingerprint density at radius 2 is 1.59 bits per heavy atom. The van der Waals surface area contributed by atoms with Crippen LogP contribution in [0.2, 0.25) is 10.0 Å². The second-order valence-corrected chi connectivity index (χ2v) is 11.0. The minimum Gasteiger partial charge on any atom is -0.493 e. The molecule has 2 aliphatic heterocycles. The van der Waals surface area contributed by atoms with E-state index in [-0.39, 0.29) is 18.1 Å². The number of rotatable bonds is 7. The van der Waals surface area contributed by atoms with Gasteiger partial charge in [0.15, 0.2) is 0 Å². The summed E-state index contributed by atoms with van der Waals surface area (Å²) in [7, 11) is 0. The molecule has 0 aliphatic carbocycles. The van der Waals surface area contributed by atoms with Crippen LogP contribution in [-0.4, -0.2) is 54.5 Å². The molecule has 39 heavy (non-hydrogen) atoms. The Kier molecular flexibility index (Phi) is 8.75. The highest BCUT2D eigenvalue weighted by atomic mass is 35.5. The van der Waals surface area contributed by atoms with Crippen LogP contribution in [0.1, 0.15) is 49.0 Å². The third kappa shape index (κ3) is 6.08. The minimum atomic E-state index is -0.372. The lowest BCUT2D eigenvalue weighted by atomic mass is 9.93. The number of hydrogen-bond acceptors (Lipinski definition) is 4. The molecule has 3 aromatic rings. The predicted octanol–water partition coefficient (Wildman–Crippen LogP) is 6.99. The molecule has 0 bridgehead atoms. The number of nitrogens with zero attached hydrogens (tertiary/aromatic N) is 3. The van der Waals surface area contributed by atoms with Gasteiger partial charge in [-0.25, -0.2) is 4.79 Å². The quantitative estimate of drug-likeness (QED) is 0.336. The molecule has 0 radical (unpaired) electrons. The van der Waals surface area contributed by atoms with Gasteiger partial charge >= 0.3 is 6.03 Å². The Labute approximate surface area is 240 Å². The van der Waals surface area contributed by atoms with Gasteiger partial charge in [0.05, 0.1) is 18.2 Å². The van der Waals surface area contributed by atoms with Crippen molar-refractivity contribution >= 4 is 35.1 Å². The van der Waals surface area contributed by atoms with E-state index in [4.69, 9.17) is 32.9 Å². The molecule has 2 heterocycles. The molecule has 1 unspecified atom stereocenters. The lowest BCUT2D eigenvalue weighted by molar-refractivity contribution is 0.157. The SMILES string of the molecule is CCC(C)COc1ccccc1C1=N[C@H](c2ccc(Cl)cc2)[C@H](c2ccc(Cl)cc2)N1C(=O)N1CCNCC1. The first kappa shape index (κ1) is 27.5. The lowest BCUT2D eigenvalue weighted by Crippen LogP contribution is -2.53. The maximum Gasteiger partial charge on any atom is 0.326 e. The van der Waals surface area contributed by atoms with Crippen molar-refractivity contribution in [2.24, 2.45) is 10.9 Å². The topological polar surface area (TPSA) is 57.2 Å². The summed E-state index contributed by atoms with van der Waals surface area (Å²) >= 11 is 12.5. The molecule has 1 N–H and O–H groups in total. The Bertz CT molecular complexity index is 1310. The molecule has 0 spiro atoms. The summed E-state index contributed by atoms with van der Waals surface area (Å²) in [5.41, 5.74) is 2.74. The average Bonchev–Trinajstić information content (AvgIpc) is 3.37. The number of amidine groups is 1. The number of nitrogens with one attached hydrogen (secondary N) is 1. The number of para-hydroxylation sites is 1. The van der Waals surface area contributed by atoms with Crippen LogP contribution in [0.5, 0.6) is 5.75 Å². The molecule has 8 heteroatoms. The zero-order chi connectivity index (χ0) is 27.4. The summed E-state index contributed by atoms with van der Waals surface area (Å²) in [5.74, 6) is 1.74. The molecule has 1 saturated heterocycles. The summed E-state index contributed by atoms with van der Waals surface area (Å²) in [6.07, 6.45) is 1.02. The van der Waals surface area contributed by atoms with Crippen molar-refractivity contribution in [2.45, 2.75) is 32.4 Å². The van der Waals surface area contributed by atoms with Gasteiger partial charge in [0, 0.05) is 36.2 Å². The Morgan fingerprint density at radius 3 is 2.23 bits per heavy atom. The average molecular weight is 566 g/mol. The van der Waals surface area contributed by atoms with Gasteiger partial charge in [-0.1, -0.05) is 79.9 Å². The number of ether oxygens (including phenoxy) is 1. The molecule has 5 rings (SSSR count). The summed E-state index contributed by atoms with van der Waals surface area (Å²) in [4.78, 5) is 23.4. The van der Waals surface area contributed by atoms with Crippen molar-refractivity contribution in [3.63, 3.8) is 0 Å². The van der Waals surface area contributed by atoms with Crippen LogP contribution < -0.4 is 10.1 Å². The number of benzene rings is 3. The van der Waals surface area contributed by atoms with E-state index in [1.807, 2.05) is 82.6 Å². The van der Waals surface area contributed by atoms with Gasteiger partial charge in [-0.15, -0.1) is 0 Å². The maximum atomic E-state index is 14.3. The fourth-order valence-electron chi connectivity index (χ4n) is 4.99. The molecule has 0 aromatic heterocycles. The summed E-state index contributed by atoms with van der Waals surface area (Å²) in [6.45, 7) is 7.69. The Hall–Kier alpha value is -3.06. The van der Waals surface area contributed by atoms with Crippen molar-refractivity contribution < 1.29 is 9.53 Å². The minimum absolute atomic E-state index is 0.0663. The number of carbonyl (C=O) groups is 1. The number of piperazine rings is 1. The summed E-state index contributed by atoms with van der Waals surface area (Å²) < 4.78 is 6.31. The smallest absolute Gasteiger partial charge is 0.326 e. The van der Waals surface area contributed by atoms with Gasteiger partial charge in [-0.2, -0.15) is 0 Å². The zero-order valence-electron chi connectivity index (χ0n) is 22.3. The lowest BCUT2D eigenvalue weighted by Gasteiger charge is -2.36. The molecule has 204 valence electrons. The second kappa shape index (κ2) is 12.4. The van der Waals surface area contributed by atoms with Crippen molar-refractivity contribution in [3.05, 3.63) is 99.5 Å². The molecule has 0 saturated carbocycles. The first-order valence-electron chi connectivity index (χ1n) is 13.6. The van der Waals surface area contributed by atoms with E-state index in [0.29, 0.717) is 41.5 Å². The molecular formula is C31H34Cl2N4O2. The number of halogens is 2. The van der Waals surface area contributed by atoms with E-state index in [1.54, 1.807) is 0 Å². The zero-order valence-corrected chi connectivity index (χ0v) is 23.8. The fraction of sp³-hybridized carbons (Fsp3) is 0.355. The van der Waals surface area contributed by atoms with Crippen LogP contribution >= 0.6 is 23.2 Å². The standard InChI is InChI=1S/C31H34Cl2N4O2/c1-3-21(2)20-39-27-7-5-4-6-26(27)30-35-28(22-8-12-24(32)13-9-22)29(23-10-14-25(33)15-11-23)37(30)31(38)36-18-16-34-17-19-36/h4-15,21,28-29,34H,3,16-20H2,1-2H3/t21?,28-,29+/m1/s1. The summed E-state index contributed by atoms with van der Waals surface area (Å²) in [6, 6.07) is 22.5. The Balaban J connectivity index is 1.65. The number of urea groups is 1. The van der Waals surface area contributed by atoms with Crippen LogP contribution in [0, 0.1) is 5.92 Å². The van der Waals surface area contributed by atoms with E-state index in [1.165, 1.54) is 0 Å². The van der Waals surface area contributed by atoms with Crippen LogP contribution in [0.4, 0.5) is 4.79 Å². The number of aliphatic imine (C=N–C) groups is 1. The third-order valence-electron chi connectivity index (χ3n) is 7.43. The van der Waals surface area contributed by atoms with Crippen molar-refractivity contribution in [2.75, 3.05) is 32.8 Å². The van der Waals surface area contributed by atoms with Gasteiger partial charge < -0.3 is 15.0 Å². The Morgan fingerprint density at radius 1 is 0.974 bits per heavy atom. The van der Waals surface area contributed by atoms with Crippen LogP contribution in [-0.2, 0) is 0 Å². The van der Waals surface area contributed by atoms with E-state index in [9.17, 15) is 4.79 Å². The van der Waals surface area contributed by atoms with E-state index in [2.05, 4.69) is 19.2 Å². The molecule has 2 amide bonds. The number of carbonyl (C=O) groups excluding carboxylic acids is 1. The summed E-state index contributed by atoms with van der Waals surface area (Å²) in [5, 5.41) is 4.64. The highest BCUT2D eigenvalue weighted by molar-refractivity contribution is 6.30. The highest BCUT2D eigenvalue weighted by Gasteiger charge is 2.44. The molecule has 2 aliphatic rings. The second-order valence-electron chi connectivity index (χ2n) is 10.2. The molecule has 1 fully saturated rings. The van der Waals surface area contributed by atoms with Gasteiger partial charge in [0.1, 0.15) is 17.6 Å². The third-order valence-corrected chi connectivity index (χ3v) is 7.94. The molecular weight excluding hydrogens is 531 g/mol. The monoisotopic (exact) mass is 564 g/mol. The van der Waals surface area contributed by atoms with Crippen LogP contribution in [0.25, 0.3) is 0 Å². The van der Waals surface area contributed by atoms with E-state index in [0.717, 1.165) is 42.0 Å². The van der Waals surface area contributed by atoms with Crippen LogP contribution in [0.3, 0.4) is 0 Å².